The second kappa shape index (κ2) is 3.75. The molecule has 0 aromatic carbocycles. The zero-order valence-electron chi connectivity index (χ0n) is 7.66. The molecule has 1 fully saturated rings. The Balaban J connectivity index is 1.82. The van der Waals surface area contributed by atoms with Crippen LogP contribution in [-0.2, 0) is 6.54 Å². The molecule has 0 unspecified atom stereocenters. The largest absolute Gasteiger partial charge is 0.397 e. The number of nitrogens with one attached hydrogen (secondary N) is 1. The van der Waals surface area contributed by atoms with Gasteiger partial charge >= 0.3 is 0 Å². The van der Waals surface area contributed by atoms with Crippen molar-refractivity contribution in [3.05, 3.63) is 24.0 Å². The van der Waals surface area contributed by atoms with Crippen LogP contribution < -0.4 is 11.1 Å². The molecule has 1 aromatic rings. The van der Waals surface area contributed by atoms with E-state index in [1.54, 1.807) is 6.20 Å². The monoisotopic (exact) mass is 177 g/mol. The van der Waals surface area contributed by atoms with Crippen LogP contribution in [0.15, 0.2) is 18.3 Å². The Morgan fingerprint density at radius 2 is 2.38 bits per heavy atom. The first-order valence-electron chi connectivity index (χ1n) is 4.76. The number of nitrogens with zero attached hydrogens (tertiary/aromatic N) is 1. The summed E-state index contributed by atoms with van der Waals surface area (Å²) in [5, 5.41) is 3.36. The SMILES string of the molecule is Nc1cccnc1CNCC1CC1. The second-order valence-electron chi connectivity index (χ2n) is 3.61. The van der Waals surface area contributed by atoms with Gasteiger partial charge in [-0.2, -0.15) is 0 Å². The van der Waals surface area contributed by atoms with E-state index in [2.05, 4.69) is 10.3 Å². The summed E-state index contributed by atoms with van der Waals surface area (Å²) < 4.78 is 0. The molecule has 0 spiro atoms. The zero-order chi connectivity index (χ0) is 9.10. The Morgan fingerprint density at radius 1 is 1.54 bits per heavy atom. The van der Waals surface area contributed by atoms with E-state index >= 15 is 0 Å². The molecule has 0 bridgehead atoms. The van der Waals surface area contributed by atoms with E-state index in [-0.39, 0.29) is 0 Å². The number of hydrogen-bond donors (Lipinski definition) is 2. The number of anilines is 1. The van der Waals surface area contributed by atoms with Gasteiger partial charge in [-0.1, -0.05) is 0 Å². The maximum atomic E-state index is 5.75. The molecule has 70 valence electrons. The molecular formula is C10H15N3. The van der Waals surface area contributed by atoms with Gasteiger partial charge in [-0.15, -0.1) is 0 Å². The third-order valence-corrected chi connectivity index (χ3v) is 2.35. The molecule has 3 N–H and O–H groups in total. The fourth-order valence-electron chi connectivity index (χ4n) is 1.31. The average Bonchev–Trinajstić information content (AvgIpc) is 2.92. The molecule has 1 aliphatic carbocycles. The Kier molecular flexibility index (Phi) is 2.45. The van der Waals surface area contributed by atoms with Crippen LogP contribution in [0, 0.1) is 5.92 Å². The van der Waals surface area contributed by atoms with Crippen molar-refractivity contribution in [2.45, 2.75) is 19.4 Å². The zero-order valence-corrected chi connectivity index (χ0v) is 7.66. The Morgan fingerprint density at radius 3 is 3.08 bits per heavy atom. The first-order chi connectivity index (χ1) is 6.36. The first-order valence-corrected chi connectivity index (χ1v) is 4.76. The highest BCUT2D eigenvalue weighted by molar-refractivity contribution is 5.41. The molecule has 1 aromatic heterocycles. The lowest BCUT2D eigenvalue weighted by Gasteiger charge is -2.04. The summed E-state index contributed by atoms with van der Waals surface area (Å²) in [4.78, 5) is 4.21. The molecule has 3 nitrogen and oxygen atoms in total. The van der Waals surface area contributed by atoms with Crippen molar-refractivity contribution in [2.24, 2.45) is 5.92 Å². The van der Waals surface area contributed by atoms with Gasteiger partial charge in [0.2, 0.25) is 0 Å². The molecule has 0 saturated heterocycles. The van der Waals surface area contributed by atoms with Crippen molar-refractivity contribution in [3.63, 3.8) is 0 Å². The van der Waals surface area contributed by atoms with Crippen LogP contribution in [0.5, 0.6) is 0 Å². The molecule has 13 heavy (non-hydrogen) atoms. The number of rotatable bonds is 4. The summed E-state index contributed by atoms with van der Waals surface area (Å²) >= 11 is 0. The van der Waals surface area contributed by atoms with E-state index in [4.69, 9.17) is 5.73 Å². The summed E-state index contributed by atoms with van der Waals surface area (Å²) in [6, 6.07) is 3.75. The summed E-state index contributed by atoms with van der Waals surface area (Å²) in [6.07, 6.45) is 4.54. The third kappa shape index (κ3) is 2.42. The van der Waals surface area contributed by atoms with Crippen molar-refractivity contribution < 1.29 is 0 Å². The standard InChI is InChI=1S/C10H15N3/c11-9-2-1-5-13-10(9)7-12-6-8-3-4-8/h1-2,5,8,12H,3-4,6-7,11H2. The Labute approximate surface area is 78.4 Å². The lowest BCUT2D eigenvalue weighted by molar-refractivity contribution is 0.631. The second-order valence-corrected chi connectivity index (χ2v) is 3.61. The van der Waals surface area contributed by atoms with E-state index < -0.39 is 0 Å². The highest BCUT2D eigenvalue weighted by Gasteiger charge is 2.20. The van der Waals surface area contributed by atoms with Crippen molar-refractivity contribution in [3.8, 4) is 0 Å². The van der Waals surface area contributed by atoms with Crippen LogP contribution in [0.25, 0.3) is 0 Å². The van der Waals surface area contributed by atoms with E-state index in [0.717, 1.165) is 30.4 Å². The van der Waals surface area contributed by atoms with Crippen LogP contribution >= 0.6 is 0 Å². The molecule has 1 heterocycles. The van der Waals surface area contributed by atoms with Crippen molar-refractivity contribution in [2.75, 3.05) is 12.3 Å². The molecule has 3 heteroatoms. The van der Waals surface area contributed by atoms with Crippen molar-refractivity contribution in [1.29, 1.82) is 0 Å². The highest BCUT2D eigenvalue weighted by Crippen LogP contribution is 2.27. The average molecular weight is 177 g/mol. The summed E-state index contributed by atoms with van der Waals surface area (Å²) in [5.74, 6) is 0.907. The molecule has 2 rings (SSSR count). The van der Waals surface area contributed by atoms with Gasteiger partial charge in [-0.3, -0.25) is 4.98 Å². The molecule has 0 amide bonds. The van der Waals surface area contributed by atoms with Gasteiger partial charge in [-0.05, 0) is 37.4 Å². The van der Waals surface area contributed by atoms with Crippen molar-refractivity contribution >= 4 is 5.69 Å². The number of hydrogen-bond acceptors (Lipinski definition) is 3. The van der Waals surface area contributed by atoms with Crippen LogP contribution in [0.3, 0.4) is 0 Å². The first kappa shape index (κ1) is 8.51. The van der Waals surface area contributed by atoms with Crippen LogP contribution in [0.2, 0.25) is 0 Å². The highest BCUT2D eigenvalue weighted by atomic mass is 14.9. The predicted molar refractivity (Wildman–Crippen MR) is 53.1 cm³/mol. The Hall–Kier alpha value is -1.09. The number of nitrogen functional groups attached to an aromatic ring is 1. The van der Waals surface area contributed by atoms with Gasteiger partial charge in [-0.25, -0.2) is 0 Å². The van der Waals surface area contributed by atoms with Crippen molar-refractivity contribution in [1.82, 2.24) is 10.3 Å². The van der Waals surface area contributed by atoms with Crippen LogP contribution in [0.1, 0.15) is 18.5 Å². The quantitative estimate of drug-likeness (QED) is 0.725. The smallest absolute Gasteiger partial charge is 0.0770 e. The van der Waals surface area contributed by atoms with Gasteiger partial charge < -0.3 is 11.1 Å². The normalized spacial score (nSPS) is 16.0. The molecule has 1 saturated carbocycles. The van der Waals surface area contributed by atoms with Gasteiger partial charge in [0.1, 0.15) is 0 Å². The fourth-order valence-corrected chi connectivity index (χ4v) is 1.31. The fraction of sp³-hybridized carbons (Fsp3) is 0.500. The molecule has 0 radical (unpaired) electrons. The summed E-state index contributed by atoms with van der Waals surface area (Å²) in [7, 11) is 0. The third-order valence-electron chi connectivity index (χ3n) is 2.35. The lowest BCUT2D eigenvalue weighted by atomic mass is 10.3. The number of pyridine rings is 1. The molecule has 1 aliphatic rings. The van der Waals surface area contributed by atoms with Crippen LogP contribution in [0.4, 0.5) is 5.69 Å². The van der Waals surface area contributed by atoms with E-state index in [9.17, 15) is 0 Å². The number of aromatic nitrogens is 1. The maximum absolute atomic E-state index is 5.75. The van der Waals surface area contributed by atoms with Gasteiger partial charge in [0, 0.05) is 12.7 Å². The Bertz CT molecular complexity index is 281. The van der Waals surface area contributed by atoms with Gasteiger partial charge in [0.15, 0.2) is 0 Å². The van der Waals surface area contributed by atoms with Gasteiger partial charge in [0.25, 0.3) is 0 Å². The minimum atomic E-state index is 0.783. The summed E-state index contributed by atoms with van der Waals surface area (Å²) in [5.41, 5.74) is 7.49. The minimum Gasteiger partial charge on any atom is -0.397 e. The maximum Gasteiger partial charge on any atom is 0.0770 e. The van der Waals surface area contributed by atoms with Crippen LogP contribution in [-0.4, -0.2) is 11.5 Å². The number of nitrogens with two attached hydrogens (primary N) is 1. The van der Waals surface area contributed by atoms with E-state index in [1.807, 2.05) is 12.1 Å². The van der Waals surface area contributed by atoms with E-state index in [0.29, 0.717) is 0 Å². The summed E-state index contributed by atoms with van der Waals surface area (Å²) in [6.45, 7) is 1.90. The lowest BCUT2D eigenvalue weighted by Crippen LogP contribution is -2.17. The molecule has 0 aliphatic heterocycles. The topological polar surface area (TPSA) is 50.9 Å². The minimum absolute atomic E-state index is 0.783. The molecular weight excluding hydrogens is 162 g/mol. The van der Waals surface area contributed by atoms with E-state index in [1.165, 1.54) is 12.8 Å². The molecule has 0 atom stereocenters. The predicted octanol–water partition coefficient (Wildman–Crippen LogP) is 1.16. The van der Waals surface area contributed by atoms with Gasteiger partial charge in [0.05, 0.1) is 11.4 Å².